The summed E-state index contributed by atoms with van der Waals surface area (Å²) in [7, 11) is 0. The maximum Gasteiger partial charge on any atom is 0.109 e. The Labute approximate surface area is 95.3 Å². The summed E-state index contributed by atoms with van der Waals surface area (Å²) in [5, 5.41) is 3.27. The second-order valence-corrected chi connectivity index (χ2v) is 5.38. The van der Waals surface area contributed by atoms with Crippen molar-refractivity contribution in [3.05, 3.63) is 16.6 Å². The average Bonchev–Trinajstić information content (AvgIpc) is 2.88. The fourth-order valence-electron chi connectivity index (χ4n) is 2.19. The minimum absolute atomic E-state index is 0.318. The maximum absolute atomic E-state index is 5.94. The van der Waals surface area contributed by atoms with Crippen molar-refractivity contribution >= 4 is 11.3 Å². The van der Waals surface area contributed by atoms with Crippen LogP contribution in [0.1, 0.15) is 31.3 Å². The van der Waals surface area contributed by atoms with Crippen molar-refractivity contribution in [1.29, 1.82) is 0 Å². The molecule has 0 radical (unpaired) electrons. The van der Waals surface area contributed by atoms with Gasteiger partial charge in [0.05, 0.1) is 6.04 Å². The molecule has 1 aliphatic heterocycles. The summed E-state index contributed by atoms with van der Waals surface area (Å²) in [6.45, 7) is 6.63. The van der Waals surface area contributed by atoms with Crippen LogP contribution in [0, 0.1) is 5.92 Å². The molecule has 0 aliphatic carbocycles. The highest BCUT2D eigenvalue weighted by atomic mass is 32.1. The van der Waals surface area contributed by atoms with E-state index < -0.39 is 0 Å². The first-order valence-corrected chi connectivity index (χ1v) is 6.45. The van der Waals surface area contributed by atoms with Gasteiger partial charge in [0.2, 0.25) is 0 Å². The fraction of sp³-hybridized carbons (Fsp3) is 0.727. The lowest BCUT2D eigenvalue weighted by Gasteiger charge is -2.23. The van der Waals surface area contributed by atoms with Gasteiger partial charge < -0.3 is 5.73 Å². The van der Waals surface area contributed by atoms with Crippen LogP contribution in [-0.2, 0) is 0 Å². The topological polar surface area (TPSA) is 42.1 Å². The fourth-order valence-corrected chi connectivity index (χ4v) is 2.92. The molecule has 1 aromatic heterocycles. The first kappa shape index (κ1) is 11.0. The van der Waals surface area contributed by atoms with Gasteiger partial charge in [-0.05, 0) is 32.7 Å². The summed E-state index contributed by atoms with van der Waals surface area (Å²) >= 11 is 1.74. The molecule has 4 heteroatoms. The van der Waals surface area contributed by atoms with Crippen LogP contribution in [0.4, 0.5) is 0 Å². The molecule has 2 N–H and O–H groups in total. The smallest absolute Gasteiger partial charge is 0.109 e. The van der Waals surface area contributed by atoms with Gasteiger partial charge in [-0.3, -0.25) is 4.90 Å². The predicted octanol–water partition coefficient (Wildman–Crippen LogP) is 1.87. The zero-order valence-corrected chi connectivity index (χ0v) is 10.2. The molecule has 15 heavy (non-hydrogen) atoms. The molecule has 0 spiro atoms. The van der Waals surface area contributed by atoms with Gasteiger partial charge >= 0.3 is 0 Å². The number of aromatic nitrogens is 1. The number of nitrogens with two attached hydrogens (primary N) is 1. The average molecular weight is 225 g/mol. The van der Waals surface area contributed by atoms with Crippen LogP contribution in [0.3, 0.4) is 0 Å². The van der Waals surface area contributed by atoms with Crippen molar-refractivity contribution < 1.29 is 0 Å². The van der Waals surface area contributed by atoms with Gasteiger partial charge in [-0.15, -0.1) is 11.3 Å². The number of likely N-dealkylation sites (tertiary alicyclic amines) is 1. The Morgan fingerprint density at radius 1 is 1.60 bits per heavy atom. The lowest BCUT2D eigenvalue weighted by molar-refractivity contribution is 0.247. The number of nitrogens with zero attached hydrogens (tertiary/aromatic N) is 2. The van der Waals surface area contributed by atoms with E-state index in [1.54, 1.807) is 11.3 Å². The molecule has 1 aromatic rings. The molecule has 1 aliphatic rings. The van der Waals surface area contributed by atoms with E-state index in [0.717, 1.165) is 13.1 Å². The quantitative estimate of drug-likeness (QED) is 0.854. The lowest BCUT2D eigenvalue weighted by atomic mass is 10.0. The molecule has 3 unspecified atom stereocenters. The molecule has 3 atom stereocenters. The van der Waals surface area contributed by atoms with Gasteiger partial charge in [-0.2, -0.15) is 0 Å². The summed E-state index contributed by atoms with van der Waals surface area (Å²) in [6.07, 6.45) is 3.11. The Bertz CT molecular complexity index is 297. The molecule has 2 heterocycles. The first-order chi connectivity index (χ1) is 7.18. The molecule has 0 aromatic carbocycles. The Morgan fingerprint density at radius 3 is 2.93 bits per heavy atom. The lowest BCUT2D eigenvalue weighted by Crippen LogP contribution is -2.30. The van der Waals surface area contributed by atoms with Crippen molar-refractivity contribution in [3.63, 3.8) is 0 Å². The zero-order valence-electron chi connectivity index (χ0n) is 9.39. The molecular weight excluding hydrogens is 206 g/mol. The van der Waals surface area contributed by atoms with E-state index in [-0.39, 0.29) is 0 Å². The largest absolute Gasteiger partial charge is 0.328 e. The summed E-state index contributed by atoms with van der Waals surface area (Å²) in [5.74, 6) is 0.660. The standard InChI is InChI=1S/C11H19N3S/c1-8(12)10-3-5-14(7-10)9(2)11-13-4-6-15-11/h4,6,8-10H,3,5,7,12H2,1-2H3. The number of hydrogen-bond acceptors (Lipinski definition) is 4. The second kappa shape index (κ2) is 4.60. The van der Waals surface area contributed by atoms with Gasteiger partial charge in [0.1, 0.15) is 5.01 Å². The molecule has 1 saturated heterocycles. The summed E-state index contributed by atoms with van der Waals surface area (Å²) < 4.78 is 0. The monoisotopic (exact) mass is 225 g/mol. The van der Waals surface area contributed by atoms with Gasteiger partial charge in [0.15, 0.2) is 0 Å². The van der Waals surface area contributed by atoms with Crippen LogP contribution in [0.15, 0.2) is 11.6 Å². The Hall–Kier alpha value is -0.450. The molecule has 0 amide bonds. The molecule has 0 saturated carbocycles. The van der Waals surface area contributed by atoms with E-state index in [4.69, 9.17) is 5.73 Å². The third-order valence-electron chi connectivity index (χ3n) is 3.36. The molecular formula is C11H19N3S. The highest BCUT2D eigenvalue weighted by Gasteiger charge is 2.29. The summed E-state index contributed by atoms with van der Waals surface area (Å²) in [5.41, 5.74) is 5.94. The van der Waals surface area contributed by atoms with Crippen LogP contribution >= 0.6 is 11.3 Å². The van der Waals surface area contributed by atoms with E-state index in [1.165, 1.54) is 11.4 Å². The minimum Gasteiger partial charge on any atom is -0.328 e. The highest BCUT2D eigenvalue weighted by molar-refractivity contribution is 7.09. The predicted molar refractivity (Wildman–Crippen MR) is 63.9 cm³/mol. The van der Waals surface area contributed by atoms with Crippen molar-refractivity contribution in [3.8, 4) is 0 Å². The van der Waals surface area contributed by atoms with E-state index in [1.807, 2.05) is 11.6 Å². The number of thiazole rings is 1. The second-order valence-electron chi connectivity index (χ2n) is 4.45. The SMILES string of the molecule is CC(N)C1CCN(C(C)c2nccs2)C1. The maximum atomic E-state index is 5.94. The zero-order chi connectivity index (χ0) is 10.8. The molecule has 3 nitrogen and oxygen atoms in total. The Morgan fingerprint density at radius 2 is 2.40 bits per heavy atom. The van der Waals surface area contributed by atoms with Crippen LogP contribution < -0.4 is 5.73 Å². The van der Waals surface area contributed by atoms with E-state index in [2.05, 4.69) is 23.7 Å². The van der Waals surface area contributed by atoms with Crippen LogP contribution in [0.5, 0.6) is 0 Å². The Kier molecular flexibility index (Phi) is 3.38. The third-order valence-corrected chi connectivity index (χ3v) is 4.30. The van der Waals surface area contributed by atoms with E-state index >= 15 is 0 Å². The molecule has 2 rings (SSSR count). The van der Waals surface area contributed by atoms with Gasteiger partial charge in [0.25, 0.3) is 0 Å². The number of rotatable bonds is 3. The third kappa shape index (κ3) is 2.38. The molecule has 1 fully saturated rings. The van der Waals surface area contributed by atoms with Crippen molar-refractivity contribution in [2.24, 2.45) is 11.7 Å². The van der Waals surface area contributed by atoms with Crippen LogP contribution in [0.2, 0.25) is 0 Å². The Balaban J connectivity index is 1.96. The van der Waals surface area contributed by atoms with Crippen LogP contribution in [0.25, 0.3) is 0 Å². The molecule has 0 bridgehead atoms. The van der Waals surface area contributed by atoms with Gasteiger partial charge in [-0.1, -0.05) is 0 Å². The van der Waals surface area contributed by atoms with E-state index in [9.17, 15) is 0 Å². The number of hydrogen-bond donors (Lipinski definition) is 1. The normalized spacial score (nSPS) is 26.7. The molecule has 84 valence electrons. The minimum atomic E-state index is 0.318. The van der Waals surface area contributed by atoms with Crippen LogP contribution in [-0.4, -0.2) is 29.0 Å². The summed E-state index contributed by atoms with van der Waals surface area (Å²) in [6, 6.07) is 0.771. The van der Waals surface area contributed by atoms with Gasteiger partial charge in [-0.25, -0.2) is 4.98 Å². The van der Waals surface area contributed by atoms with Crippen molar-refractivity contribution in [2.75, 3.05) is 13.1 Å². The van der Waals surface area contributed by atoms with E-state index in [0.29, 0.717) is 18.0 Å². The van der Waals surface area contributed by atoms with Crippen molar-refractivity contribution in [2.45, 2.75) is 32.4 Å². The first-order valence-electron chi connectivity index (χ1n) is 5.57. The summed E-state index contributed by atoms with van der Waals surface area (Å²) in [4.78, 5) is 6.87. The highest BCUT2D eigenvalue weighted by Crippen LogP contribution is 2.29. The van der Waals surface area contributed by atoms with Crippen molar-refractivity contribution in [1.82, 2.24) is 9.88 Å². The van der Waals surface area contributed by atoms with Gasteiger partial charge in [0, 0.05) is 24.2 Å².